The van der Waals surface area contributed by atoms with Crippen molar-refractivity contribution in [2.45, 2.75) is 63.8 Å². The second-order valence-corrected chi connectivity index (χ2v) is 7.15. The van der Waals surface area contributed by atoms with E-state index in [0.717, 1.165) is 50.5 Å². The predicted octanol–water partition coefficient (Wildman–Crippen LogP) is 2.42. The number of amides is 3. The molecule has 2 aliphatic rings. The third kappa shape index (κ3) is 5.31. The molecule has 0 radical (unpaired) electrons. The third-order valence-corrected chi connectivity index (χ3v) is 5.07. The number of ether oxygens (including phenoxy) is 1. The van der Waals surface area contributed by atoms with Crippen LogP contribution in [0.4, 0.5) is 4.79 Å². The van der Waals surface area contributed by atoms with Gasteiger partial charge in [0.2, 0.25) is 0 Å². The lowest BCUT2D eigenvalue weighted by Crippen LogP contribution is -2.46. The first-order valence-electron chi connectivity index (χ1n) is 9.47. The highest BCUT2D eigenvalue weighted by Crippen LogP contribution is 2.23. The fourth-order valence-electron chi connectivity index (χ4n) is 3.73. The van der Waals surface area contributed by atoms with E-state index in [1.54, 1.807) is 0 Å². The first kappa shape index (κ1) is 18.4. The number of urea groups is 1. The topological polar surface area (TPSA) is 84.5 Å². The zero-order valence-corrected chi connectivity index (χ0v) is 15.0. The second-order valence-electron chi connectivity index (χ2n) is 7.15. The van der Waals surface area contributed by atoms with Gasteiger partial charge in [-0.05, 0) is 48.8 Å². The molecule has 0 atom stereocenters. The highest BCUT2D eigenvalue weighted by Gasteiger charge is 2.18. The standard InChI is InChI=1S/C20H26N2O4/c23-18(22-20(25)21-17-7-2-1-3-8-17)13-26-19(24)12-14-9-10-15-5-4-6-16(15)11-14/h9-11,17H,1-8,12-13H2,(H2,21,22,23,25). The van der Waals surface area contributed by atoms with Gasteiger partial charge in [0.15, 0.2) is 6.61 Å². The van der Waals surface area contributed by atoms with Crippen molar-refractivity contribution in [3.8, 4) is 0 Å². The number of esters is 1. The van der Waals surface area contributed by atoms with Crippen molar-refractivity contribution >= 4 is 17.9 Å². The molecule has 6 heteroatoms. The summed E-state index contributed by atoms with van der Waals surface area (Å²) in [5.41, 5.74) is 3.55. The molecular weight excluding hydrogens is 332 g/mol. The van der Waals surface area contributed by atoms with Crippen LogP contribution >= 0.6 is 0 Å². The summed E-state index contributed by atoms with van der Waals surface area (Å²) in [5, 5.41) is 5.00. The Labute approximate surface area is 153 Å². The lowest BCUT2D eigenvalue weighted by Gasteiger charge is -2.22. The molecule has 2 aliphatic carbocycles. The van der Waals surface area contributed by atoms with E-state index < -0.39 is 24.5 Å². The Bertz CT molecular complexity index is 680. The van der Waals surface area contributed by atoms with Gasteiger partial charge in [0, 0.05) is 6.04 Å². The van der Waals surface area contributed by atoms with E-state index in [0.29, 0.717) is 0 Å². The van der Waals surface area contributed by atoms with Gasteiger partial charge in [0.1, 0.15) is 0 Å². The van der Waals surface area contributed by atoms with E-state index in [2.05, 4.69) is 16.7 Å². The fourth-order valence-corrected chi connectivity index (χ4v) is 3.73. The molecular formula is C20H26N2O4. The van der Waals surface area contributed by atoms with E-state index in [4.69, 9.17) is 4.74 Å². The summed E-state index contributed by atoms with van der Waals surface area (Å²) in [7, 11) is 0. The molecule has 0 aromatic heterocycles. The largest absolute Gasteiger partial charge is 0.455 e. The smallest absolute Gasteiger partial charge is 0.321 e. The Morgan fingerprint density at radius 2 is 1.77 bits per heavy atom. The Balaban J connectivity index is 1.37. The van der Waals surface area contributed by atoms with E-state index in [9.17, 15) is 14.4 Å². The van der Waals surface area contributed by atoms with Gasteiger partial charge in [0.25, 0.3) is 5.91 Å². The van der Waals surface area contributed by atoms with Crippen LogP contribution < -0.4 is 10.6 Å². The van der Waals surface area contributed by atoms with E-state index >= 15 is 0 Å². The van der Waals surface area contributed by atoms with Crippen LogP contribution in [0.15, 0.2) is 18.2 Å². The molecule has 6 nitrogen and oxygen atoms in total. The minimum absolute atomic E-state index is 0.124. The predicted molar refractivity (Wildman–Crippen MR) is 96.7 cm³/mol. The highest BCUT2D eigenvalue weighted by molar-refractivity contribution is 5.95. The first-order chi connectivity index (χ1) is 12.6. The fraction of sp³-hybridized carbons (Fsp3) is 0.550. The van der Waals surface area contributed by atoms with Crippen LogP contribution in [0.1, 0.15) is 55.2 Å². The quantitative estimate of drug-likeness (QED) is 0.792. The van der Waals surface area contributed by atoms with Crippen molar-refractivity contribution in [3.63, 3.8) is 0 Å². The number of hydrogen-bond donors (Lipinski definition) is 2. The van der Waals surface area contributed by atoms with Crippen molar-refractivity contribution in [2.24, 2.45) is 0 Å². The molecule has 0 unspecified atom stereocenters. The van der Waals surface area contributed by atoms with E-state index in [1.165, 1.54) is 17.5 Å². The van der Waals surface area contributed by atoms with Gasteiger partial charge in [-0.3, -0.25) is 14.9 Å². The number of hydrogen-bond acceptors (Lipinski definition) is 4. The van der Waals surface area contributed by atoms with Crippen molar-refractivity contribution < 1.29 is 19.1 Å². The van der Waals surface area contributed by atoms with Crippen LogP contribution in [0, 0.1) is 0 Å². The SMILES string of the molecule is O=C(COC(=O)Cc1ccc2c(c1)CCC2)NC(=O)NC1CCCCC1. The molecule has 1 aromatic rings. The summed E-state index contributed by atoms with van der Waals surface area (Å²) in [6.07, 6.45) is 8.72. The molecule has 1 saturated carbocycles. The number of benzene rings is 1. The van der Waals surface area contributed by atoms with Gasteiger partial charge >= 0.3 is 12.0 Å². The second kappa shape index (κ2) is 8.83. The number of fused-ring (bicyclic) bond motifs is 1. The summed E-state index contributed by atoms with van der Waals surface area (Å²) in [4.78, 5) is 35.5. The molecule has 0 saturated heterocycles. The van der Waals surface area contributed by atoms with Gasteiger partial charge < -0.3 is 10.1 Å². The van der Waals surface area contributed by atoms with Gasteiger partial charge in [-0.2, -0.15) is 0 Å². The van der Waals surface area contributed by atoms with Gasteiger partial charge in [-0.15, -0.1) is 0 Å². The number of aryl methyl sites for hydroxylation is 2. The Morgan fingerprint density at radius 1 is 1.00 bits per heavy atom. The highest BCUT2D eigenvalue weighted by atomic mass is 16.5. The average Bonchev–Trinajstić information content (AvgIpc) is 3.08. The van der Waals surface area contributed by atoms with Crippen molar-refractivity contribution in [1.29, 1.82) is 0 Å². The summed E-state index contributed by atoms with van der Waals surface area (Å²) in [5.74, 6) is -1.08. The molecule has 1 fully saturated rings. The first-order valence-corrected chi connectivity index (χ1v) is 9.47. The molecule has 3 rings (SSSR count). The molecule has 0 spiro atoms. The third-order valence-electron chi connectivity index (χ3n) is 5.07. The molecule has 26 heavy (non-hydrogen) atoms. The number of imide groups is 1. The molecule has 0 heterocycles. The lowest BCUT2D eigenvalue weighted by atomic mass is 9.96. The normalized spacial score (nSPS) is 16.6. The number of nitrogens with one attached hydrogen (secondary N) is 2. The van der Waals surface area contributed by atoms with Crippen LogP contribution in [0.25, 0.3) is 0 Å². The zero-order chi connectivity index (χ0) is 18.4. The monoisotopic (exact) mass is 358 g/mol. The van der Waals surface area contributed by atoms with Crippen molar-refractivity contribution in [2.75, 3.05) is 6.61 Å². The van der Waals surface area contributed by atoms with Crippen LogP contribution in [-0.4, -0.2) is 30.6 Å². The van der Waals surface area contributed by atoms with Crippen LogP contribution in [0.5, 0.6) is 0 Å². The summed E-state index contributed by atoms with van der Waals surface area (Å²) in [6, 6.07) is 5.65. The number of carbonyl (C=O) groups is 3. The maximum atomic E-state index is 11.9. The lowest BCUT2D eigenvalue weighted by molar-refractivity contribution is -0.147. The van der Waals surface area contributed by atoms with Crippen molar-refractivity contribution in [1.82, 2.24) is 10.6 Å². The van der Waals surface area contributed by atoms with Crippen LogP contribution in [0.3, 0.4) is 0 Å². The zero-order valence-electron chi connectivity index (χ0n) is 15.0. The minimum atomic E-state index is -0.611. The Hall–Kier alpha value is -2.37. The van der Waals surface area contributed by atoms with E-state index in [1.807, 2.05) is 12.1 Å². The van der Waals surface area contributed by atoms with Gasteiger partial charge in [-0.1, -0.05) is 37.5 Å². The van der Waals surface area contributed by atoms with Gasteiger partial charge in [-0.25, -0.2) is 4.79 Å². The van der Waals surface area contributed by atoms with Gasteiger partial charge in [0.05, 0.1) is 6.42 Å². The maximum Gasteiger partial charge on any atom is 0.321 e. The molecule has 140 valence electrons. The van der Waals surface area contributed by atoms with Crippen LogP contribution in [0.2, 0.25) is 0 Å². The number of rotatable bonds is 5. The van der Waals surface area contributed by atoms with Crippen LogP contribution in [-0.2, 0) is 33.6 Å². The number of carbonyl (C=O) groups excluding carboxylic acids is 3. The molecule has 2 N–H and O–H groups in total. The maximum absolute atomic E-state index is 11.9. The Kier molecular flexibility index (Phi) is 6.26. The molecule has 3 amide bonds. The van der Waals surface area contributed by atoms with Crippen molar-refractivity contribution in [3.05, 3.63) is 34.9 Å². The average molecular weight is 358 g/mol. The minimum Gasteiger partial charge on any atom is -0.455 e. The Morgan fingerprint density at radius 3 is 2.58 bits per heavy atom. The summed E-state index contributed by atoms with van der Waals surface area (Å²) >= 11 is 0. The molecule has 0 bridgehead atoms. The molecule has 1 aromatic carbocycles. The van der Waals surface area contributed by atoms with E-state index in [-0.39, 0.29) is 12.5 Å². The summed E-state index contributed by atoms with van der Waals surface area (Å²) < 4.78 is 4.99. The summed E-state index contributed by atoms with van der Waals surface area (Å²) in [6.45, 7) is -0.443. The molecule has 0 aliphatic heterocycles.